The van der Waals surface area contributed by atoms with Crippen molar-refractivity contribution >= 4 is 50.7 Å². The average Bonchev–Trinajstić information content (AvgIpc) is 2.77. The fraction of sp³-hybridized carbons (Fsp3) is 0.360. The molecular weight excluding hydrogens is 502 g/mol. The molecule has 1 atom stereocenters. The van der Waals surface area contributed by atoms with E-state index >= 15 is 0 Å². The maximum atomic E-state index is 14.0. The fourth-order valence-corrected chi connectivity index (χ4v) is 6.43. The number of phenols is 1. The van der Waals surface area contributed by atoms with Crippen LogP contribution in [0.25, 0.3) is 5.76 Å². The number of aliphatic hydroxyl groups is 1. The molecule has 0 aromatic heterocycles. The number of nitrogens with one attached hydrogen (secondary N) is 1. The highest BCUT2D eigenvalue weighted by molar-refractivity contribution is 7.98. The number of aliphatic hydroxyl groups excluding tert-OH is 1. The van der Waals surface area contributed by atoms with E-state index in [1.165, 1.54) is 12.5 Å². The predicted octanol–water partition coefficient (Wildman–Crippen LogP) is 4.77. The second-order valence-electron chi connectivity index (χ2n) is 9.80. The van der Waals surface area contributed by atoms with E-state index in [9.17, 15) is 28.6 Å². The molecule has 1 unspecified atom stereocenters. The summed E-state index contributed by atoms with van der Waals surface area (Å²) in [4.78, 5) is 14.3. The summed E-state index contributed by atoms with van der Waals surface area (Å²) in [5.41, 5.74) is 0.237. The molecule has 11 heteroatoms. The van der Waals surface area contributed by atoms with Gasteiger partial charge in [-0.1, -0.05) is 43.5 Å². The maximum absolute atomic E-state index is 14.0. The number of hydrogen-bond donors (Lipinski definition) is 4. The van der Waals surface area contributed by atoms with E-state index in [-0.39, 0.29) is 39.2 Å². The third-order valence-corrected chi connectivity index (χ3v) is 8.62. The number of ketones is 1. The van der Waals surface area contributed by atoms with Crippen molar-refractivity contribution in [3.05, 3.63) is 53.1 Å². The highest BCUT2D eigenvalue weighted by Gasteiger charge is 2.47. The Morgan fingerprint density at radius 2 is 1.94 bits per heavy atom. The van der Waals surface area contributed by atoms with E-state index < -0.39 is 21.2 Å². The SMILES string of the molecule is CC1(CCC2CCC2)C(=O)C(C2=NSc3cc(NS(C)(=O)=O)cc(O)c3N2O)=C(O)c2ccccc21. The molecule has 1 fully saturated rings. The number of carbonyl (C=O) groups is 1. The zero-order valence-corrected chi connectivity index (χ0v) is 21.5. The molecule has 0 amide bonds. The minimum atomic E-state index is -3.59. The molecule has 0 radical (unpaired) electrons. The predicted molar refractivity (Wildman–Crippen MR) is 139 cm³/mol. The Balaban J connectivity index is 1.56. The van der Waals surface area contributed by atoms with Crippen molar-refractivity contribution < 1.29 is 28.6 Å². The third-order valence-electron chi connectivity index (χ3n) is 7.24. The number of amidine groups is 1. The molecule has 1 saturated carbocycles. The van der Waals surface area contributed by atoms with E-state index in [1.807, 2.05) is 19.1 Å². The molecule has 9 nitrogen and oxygen atoms in total. The van der Waals surface area contributed by atoms with E-state index in [0.29, 0.717) is 23.0 Å². The van der Waals surface area contributed by atoms with Gasteiger partial charge in [0.1, 0.15) is 22.8 Å². The summed E-state index contributed by atoms with van der Waals surface area (Å²) in [6, 6.07) is 9.79. The second kappa shape index (κ2) is 8.82. The zero-order valence-electron chi connectivity index (χ0n) is 19.9. The van der Waals surface area contributed by atoms with Crippen molar-refractivity contribution in [2.75, 3.05) is 16.0 Å². The number of hydrogen-bond acceptors (Lipinski definition) is 9. The van der Waals surface area contributed by atoms with Gasteiger partial charge in [0.15, 0.2) is 11.6 Å². The van der Waals surface area contributed by atoms with Gasteiger partial charge in [0.05, 0.1) is 22.3 Å². The van der Waals surface area contributed by atoms with Crippen LogP contribution in [-0.4, -0.2) is 41.7 Å². The lowest BCUT2D eigenvalue weighted by molar-refractivity contribution is -0.120. The van der Waals surface area contributed by atoms with Crippen LogP contribution >= 0.6 is 11.9 Å². The summed E-state index contributed by atoms with van der Waals surface area (Å²) in [7, 11) is -3.59. The van der Waals surface area contributed by atoms with Crippen LogP contribution in [0.4, 0.5) is 11.4 Å². The van der Waals surface area contributed by atoms with Gasteiger partial charge in [-0.05, 0) is 37.3 Å². The molecule has 0 spiro atoms. The topological polar surface area (TPSA) is 140 Å². The lowest BCUT2D eigenvalue weighted by Crippen LogP contribution is -2.44. The van der Waals surface area contributed by atoms with Gasteiger partial charge in [-0.25, -0.2) is 8.42 Å². The van der Waals surface area contributed by atoms with Crippen LogP contribution in [0.15, 0.2) is 51.3 Å². The number of phenolic OH excluding ortho intramolecular Hbond substituents is 1. The van der Waals surface area contributed by atoms with Gasteiger partial charge in [0, 0.05) is 23.6 Å². The molecule has 2 aliphatic carbocycles. The number of fused-ring (bicyclic) bond motifs is 2. The number of Topliss-reactive ketones (excluding diaryl/α,β-unsaturated/α-hetero) is 1. The summed E-state index contributed by atoms with van der Waals surface area (Å²) in [5, 5.41) is 33.5. The van der Waals surface area contributed by atoms with E-state index in [2.05, 4.69) is 9.12 Å². The number of benzene rings is 2. The fourth-order valence-electron chi connectivity index (χ4n) is 5.08. The molecule has 2 aromatic rings. The number of sulfonamides is 1. The third kappa shape index (κ3) is 4.14. The Bertz CT molecular complexity index is 1430. The molecule has 0 bridgehead atoms. The van der Waals surface area contributed by atoms with Crippen LogP contribution in [0, 0.1) is 5.92 Å². The first-order valence-electron chi connectivity index (χ1n) is 11.7. The molecule has 2 aromatic carbocycles. The Kier molecular flexibility index (Phi) is 6.05. The molecule has 4 N–H and O–H groups in total. The quantitative estimate of drug-likeness (QED) is 0.393. The highest BCUT2D eigenvalue weighted by atomic mass is 32.2. The number of aromatic hydroxyl groups is 1. The van der Waals surface area contributed by atoms with Crippen LogP contribution in [0.2, 0.25) is 0 Å². The average molecular weight is 530 g/mol. The Morgan fingerprint density at radius 1 is 1.22 bits per heavy atom. The standard InChI is InChI=1S/C25H27N3O6S2/c1-25(11-10-14-6-5-7-14)17-9-4-3-8-16(17)22(30)20(23(25)31)24-26-35-19-13-15(27-36(2,33)34)12-18(29)21(19)28(24)32/h3-4,8-9,12-14,27,29-30,32H,5-7,10-11H2,1-2H3. The van der Waals surface area contributed by atoms with Gasteiger partial charge in [0.2, 0.25) is 10.0 Å². The highest BCUT2D eigenvalue weighted by Crippen LogP contribution is 2.48. The monoisotopic (exact) mass is 529 g/mol. The molecule has 1 heterocycles. The van der Waals surface area contributed by atoms with Crippen LogP contribution in [0.5, 0.6) is 5.75 Å². The van der Waals surface area contributed by atoms with Gasteiger partial charge >= 0.3 is 0 Å². The minimum Gasteiger partial charge on any atom is -0.506 e. The lowest BCUT2D eigenvalue weighted by atomic mass is 9.65. The van der Waals surface area contributed by atoms with Crippen molar-refractivity contribution in [2.45, 2.75) is 49.3 Å². The largest absolute Gasteiger partial charge is 0.506 e. The maximum Gasteiger partial charge on any atom is 0.229 e. The van der Waals surface area contributed by atoms with Gasteiger partial charge < -0.3 is 10.2 Å². The summed E-state index contributed by atoms with van der Waals surface area (Å²) in [5.74, 6) is -0.667. The van der Waals surface area contributed by atoms with E-state index in [0.717, 1.165) is 49.1 Å². The number of anilines is 2. The molecule has 5 rings (SSSR count). The van der Waals surface area contributed by atoms with Gasteiger partial charge in [-0.2, -0.15) is 9.46 Å². The Hall–Kier alpha value is -3.02. The van der Waals surface area contributed by atoms with Crippen LogP contribution in [0.1, 0.15) is 50.2 Å². The number of carbonyl (C=O) groups excluding carboxylic acids is 1. The zero-order chi connectivity index (χ0) is 25.8. The van der Waals surface area contributed by atoms with Crippen molar-refractivity contribution in [1.29, 1.82) is 0 Å². The molecule has 1 aliphatic heterocycles. The molecule has 36 heavy (non-hydrogen) atoms. The second-order valence-corrected chi connectivity index (χ2v) is 12.4. The molecule has 3 aliphatic rings. The van der Waals surface area contributed by atoms with Crippen LogP contribution < -0.4 is 9.79 Å². The smallest absolute Gasteiger partial charge is 0.229 e. The normalized spacial score (nSPS) is 22.0. The van der Waals surface area contributed by atoms with Gasteiger partial charge in [0.25, 0.3) is 0 Å². The van der Waals surface area contributed by atoms with Crippen molar-refractivity contribution in [2.24, 2.45) is 10.3 Å². The summed E-state index contributed by atoms with van der Waals surface area (Å²) < 4.78 is 29.8. The number of nitrogens with zero attached hydrogens (tertiary/aromatic N) is 2. The van der Waals surface area contributed by atoms with E-state index in [4.69, 9.17) is 0 Å². The molecule has 0 saturated heterocycles. The van der Waals surface area contributed by atoms with Crippen LogP contribution in [0.3, 0.4) is 0 Å². The minimum absolute atomic E-state index is 0.0628. The summed E-state index contributed by atoms with van der Waals surface area (Å²) in [6.07, 6.45) is 5.97. The van der Waals surface area contributed by atoms with Crippen molar-refractivity contribution in [1.82, 2.24) is 0 Å². The molecular formula is C25H27N3O6S2. The first kappa shape index (κ1) is 24.7. The number of rotatable bonds is 6. The Labute approximate surface area is 213 Å². The van der Waals surface area contributed by atoms with E-state index in [1.54, 1.807) is 12.1 Å². The van der Waals surface area contributed by atoms with Gasteiger partial charge in [-0.3, -0.25) is 14.7 Å². The lowest BCUT2D eigenvalue weighted by Gasteiger charge is -2.38. The molecule has 190 valence electrons. The summed E-state index contributed by atoms with van der Waals surface area (Å²) in [6.45, 7) is 1.87. The van der Waals surface area contributed by atoms with Crippen LogP contribution in [-0.2, 0) is 20.2 Å². The van der Waals surface area contributed by atoms with Gasteiger partial charge in [-0.15, -0.1) is 0 Å². The Morgan fingerprint density at radius 3 is 2.61 bits per heavy atom. The van der Waals surface area contributed by atoms with Crippen molar-refractivity contribution in [3.8, 4) is 5.75 Å². The van der Waals surface area contributed by atoms with Crippen molar-refractivity contribution in [3.63, 3.8) is 0 Å². The first-order chi connectivity index (χ1) is 17.0. The number of hydroxylamine groups is 1. The summed E-state index contributed by atoms with van der Waals surface area (Å²) >= 11 is 0.859. The first-order valence-corrected chi connectivity index (χ1v) is 14.3.